The molecule has 1 fully saturated rings. The van der Waals surface area contributed by atoms with E-state index >= 15 is 0 Å². The number of carbonyl (C=O) groups is 1. The Morgan fingerprint density at radius 3 is 2.92 bits per heavy atom. The van der Waals surface area contributed by atoms with Crippen LogP contribution in [-0.2, 0) is 4.79 Å². The van der Waals surface area contributed by atoms with Gasteiger partial charge < -0.3 is 10.6 Å². The van der Waals surface area contributed by atoms with Crippen molar-refractivity contribution in [3.63, 3.8) is 0 Å². The Morgan fingerprint density at radius 1 is 1.31 bits per heavy atom. The molecule has 0 spiro atoms. The molecule has 8 nitrogen and oxygen atoms in total. The maximum Gasteiger partial charge on any atom is 0.254 e. The minimum atomic E-state index is -0.00730. The molecule has 8 heteroatoms. The van der Waals surface area contributed by atoms with E-state index in [-0.39, 0.29) is 12.5 Å². The summed E-state index contributed by atoms with van der Waals surface area (Å²) in [5, 5.41) is 10.7. The van der Waals surface area contributed by atoms with E-state index in [0.29, 0.717) is 23.5 Å². The number of nitrogens with zero attached hydrogens (tertiary/aromatic N) is 5. The standard InChI is InChI=1S/C18H21N7O/c1-12-9-15(20-11-16(26)22-14-6-2-3-7-14)25-18(21-12)23-17(24-25)13-5-4-8-19-10-13/h4-5,8-10,14,20H,2-3,6-7,11H2,1H3,(H,22,26). The Labute approximate surface area is 151 Å². The van der Waals surface area contributed by atoms with Gasteiger partial charge in [-0.3, -0.25) is 9.78 Å². The first-order chi connectivity index (χ1) is 12.7. The lowest BCUT2D eigenvalue weighted by molar-refractivity contribution is -0.120. The number of aryl methyl sites for hydroxylation is 1. The summed E-state index contributed by atoms with van der Waals surface area (Å²) in [6.07, 6.45) is 7.95. The maximum absolute atomic E-state index is 12.2. The van der Waals surface area contributed by atoms with Gasteiger partial charge in [0.25, 0.3) is 5.78 Å². The largest absolute Gasteiger partial charge is 0.361 e. The van der Waals surface area contributed by atoms with Crippen LogP contribution >= 0.6 is 0 Å². The molecule has 26 heavy (non-hydrogen) atoms. The van der Waals surface area contributed by atoms with Crippen molar-refractivity contribution in [2.75, 3.05) is 11.9 Å². The van der Waals surface area contributed by atoms with Gasteiger partial charge >= 0.3 is 0 Å². The molecule has 0 aliphatic heterocycles. The second kappa shape index (κ2) is 7.07. The Morgan fingerprint density at radius 2 is 2.15 bits per heavy atom. The highest BCUT2D eigenvalue weighted by Crippen LogP contribution is 2.19. The van der Waals surface area contributed by atoms with Crippen LogP contribution in [0.2, 0.25) is 0 Å². The zero-order valence-electron chi connectivity index (χ0n) is 14.6. The Bertz CT molecular complexity index is 916. The number of pyridine rings is 1. The quantitative estimate of drug-likeness (QED) is 0.729. The molecule has 0 radical (unpaired) electrons. The molecule has 134 valence electrons. The van der Waals surface area contributed by atoms with Crippen molar-refractivity contribution >= 4 is 17.5 Å². The van der Waals surface area contributed by atoms with Crippen molar-refractivity contribution in [2.45, 2.75) is 38.6 Å². The van der Waals surface area contributed by atoms with Crippen molar-refractivity contribution in [3.8, 4) is 11.4 Å². The van der Waals surface area contributed by atoms with Crippen LogP contribution in [0, 0.1) is 6.92 Å². The molecule has 0 aromatic carbocycles. The summed E-state index contributed by atoms with van der Waals surface area (Å²) in [7, 11) is 0. The number of anilines is 1. The van der Waals surface area contributed by atoms with Crippen LogP contribution in [0.5, 0.6) is 0 Å². The number of aromatic nitrogens is 5. The first-order valence-corrected chi connectivity index (χ1v) is 8.87. The van der Waals surface area contributed by atoms with Gasteiger partial charge in [0, 0.05) is 35.8 Å². The van der Waals surface area contributed by atoms with E-state index in [1.165, 1.54) is 12.8 Å². The second-order valence-corrected chi connectivity index (χ2v) is 6.57. The molecule has 1 amide bonds. The third kappa shape index (κ3) is 3.49. The number of carbonyl (C=O) groups excluding carboxylic acids is 1. The van der Waals surface area contributed by atoms with E-state index in [2.05, 4.69) is 30.7 Å². The topological polar surface area (TPSA) is 97.1 Å². The number of rotatable bonds is 5. The van der Waals surface area contributed by atoms with Crippen LogP contribution < -0.4 is 10.6 Å². The Hall–Kier alpha value is -3.03. The summed E-state index contributed by atoms with van der Waals surface area (Å²) in [5.41, 5.74) is 1.63. The minimum Gasteiger partial charge on any atom is -0.361 e. The highest BCUT2D eigenvalue weighted by molar-refractivity contribution is 5.80. The van der Waals surface area contributed by atoms with Gasteiger partial charge in [0.2, 0.25) is 5.91 Å². The minimum absolute atomic E-state index is 0.00730. The number of hydrogen-bond acceptors (Lipinski definition) is 6. The van der Waals surface area contributed by atoms with Crippen LogP contribution in [0.25, 0.3) is 17.2 Å². The second-order valence-electron chi connectivity index (χ2n) is 6.57. The predicted octanol–water partition coefficient (Wildman–Crippen LogP) is 1.97. The highest BCUT2D eigenvalue weighted by Gasteiger charge is 2.17. The molecule has 1 aliphatic carbocycles. The van der Waals surface area contributed by atoms with E-state index in [1.807, 2.05) is 25.1 Å². The smallest absolute Gasteiger partial charge is 0.254 e. The molecule has 0 saturated heterocycles. The molecule has 0 atom stereocenters. The lowest BCUT2D eigenvalue weighted by atomic mass is 10.2. The van der Waals surface area contributed by atoms with Crippen molar-refractivity contribution in [1.82, 2.24) is 29.9 Å². The van der Waals surface area contributed by atoms with Crippen molar-refractivity contribution in [2.24, 2.45) is 0 Å². The van der Waals surface area contributed by atoms with E-state index in [1.54, 1.807) is 16.9 Å². The first kappa shape index (κ1) is 16.4. The van der Waals surface area contributed by atoms with Crippen LogP contribution in [0.15, 0.2) is 30.6 Å². The summed E-state index contributed by atoms with van der Waals surface area (Å²) in [4.78, 5) is 25.2. The molecule has 1 aliphatic rings. The summed E-state index contributed by atoms with van der Waals surface area (Å²) < 4.78 is 1.62. The van der Waals surface area contributed by atoms with Crippen LogP contribution in [0.1, 0.15) is 31.4 Å². The number of hydrogen-bond donors (Lipinski definition) is 2. The van der Waals surface area contributed by atoms with Gasteiger partial charge in [-0.05, 0) is 31.9 Å². The fourth-order valence-corrected chi connectivity index (χ4v) is 3.25. The van der Waals surface area contributed by atoms with Crippen LogP contribution in [0.4, 0.5) is 5.82 Å². The van der Waals surface area contributed by atoms with E-state index < -0.39 is 0 Å². The van der Waals surface area contributed by atoms with Crippen molar-refractivity contribution in [3.05, 3.63) is 36.3 Å². The lowest BCUT2D eigenvalue weighted by Crippen LogP contribution is -2.36. The average molecular weight is 351 g/mol. The first-order valence-electron chi connectivity index (χ1n) is 8.87. The molecule has 2 N–H and O–H groups in total. The van der Waals surface area contributed by atoms with E-state index in [0.717, 1.165) is 24.1 Å². The van der Waals surface area contributed by atoms with Gasteiger partial charge in [-0.2, -0.15) is 9.50 Å². The Kier molecular flexibility index (Phi) is 4.47. The van der Waals surface area contributed by atoms with Gasteiger partial charge in [0.15, 0.2) is 5.82 Å². The SMILES string of the molecule is Cc1cc(NCC(=O)NC2CCCC2)n2nc(-c3cccnc3)nc2n1. The van der Waals surface area contributed by atoms with Gasteiger partial charge in [-0.15, -0.1) is 5.10 Å². The van der Waals surface area contributed by atoms with Crippen molar-refractivity contribution in [1.29, 1.82) is 0 Å². The van der Waals surface area contributed by atoms with Gasteiger partial charge in [0.1, 0.15) is 5.82 Å². The molecule has 3 aromatic rings. The van der Waals surface area contributed by atoms with Crippen LogP contribution in [0.3, 0.4) is 0 Å². The van der Waals surface area contributed by atoms with Crippen molar-refractivity contribution < 1.29 is 4.79 Å². The number of fused-ring (bicyclic) bond motifs is 1. The third-order valence-electron chi connectivity index (χ3n) is 4.51. The number of nitrogens with one attached hydrogen (secondary N) is 2. The summed E-state index contributed by atoms with van der Waals surface area (Å²) in [6.45, 7) is 2.08. The summed E-state index contributed by atoms with van der Waals surface area (Å²) in [6, 6.07) is 5.91. The molecular weight excluding hydrogens is 330 g/mol. The van der Waals surface area contributed by atoms with Crippen LogP contribution in [-0.4, -0.2) is 43.1 Å². The van der Waals surface area contributed by atoms with Gasteiger partial charge in [-0.25, -0.2) is 4.98 Å². The number of amides is 1. The summed E-state index contributed by atoms with van der Waals surface area (Å²) >= 11 is 0. The maximum atomic E-state index is 12.2. The fourth-order valence-electron chi connectivity index (χ4n) is 3.25. The third-order valence-corrected chi connectivity index (χ3v) is 4.51. The molecule has 0 unspecified atom stereocenters. The van der Waals surface area contributed by atoms with Gasteiger partial charge in [-0.1, -0.05) is 12.8 Å². The zero-order chi connectivity index (χ0) is 17.9. The molecular formula is C18H21N7O. The molecule has 0 bridgehead atoms. The lowest BCUT2D eigenvalue weighted by Gasteiger charge is -2.13. The monoisotopic (exact) mass is 351 g/mol. The fraction of sp³-hybridized carbons (Fsp3) is 0.389. The normalized spacial score (nSPS) is 14.7. The highest BCUT2D eigenvalue weighted by atomic mass is 16.2. The molecule has 3 heterocycles. The zero-order valence-corrected chi connectivity index (χ0v) is 14.6. The summed E-state index contributed by atoms with van der Waals surface area (Å²) in [5.74, 6) is 1.72. The van der Waals surface area contributed by atoms with E-state index in [4.69, 9.17) is 0 Å². The average Bonchev–Trinajstić information content (AvgIpc) is 3.30. The molecule has 4 rings (SSSR count). The van der Waals surface area contributed by atoms with E-state index in [9.17, 15) is 4.79 Å². The molecule has 3 aromatic heterocycles. The molecule has 1 saturated carbocycles. The van der Waals surface area contributed by atoms with Gasteiger partial charge in [0.05, 0.1) is 6.54 Å². The predicted molar refractivity (Wildman–Crippen MR) is 97.6 cm³/mol. The Balaban J connectivity index is 1.54.